The fourth-order valence-corrected chi connectivity index (χ4v) is 1.48. The van der Waals surface area contributed by atoms with E-state index in [-0.39, 0.29) is 11.9 Å². The Hall–Kier alpha value is -1.62. The Bertz CT molecular complexity index is 379. The maximum Gasteiger partial charge on any atom is 0.269 e. The van der Waals surface area contributed by atoms with Gasteiger partial charge < -0.3 is 16.4 Å². The largest absolute Gasteiger partial charge is 0.381 e. The van der Waals surface area contributed by atoms with Gasteiger partial charge in [-0.1, -0.05) is 13.8 Å². The molecule has 0 saturated heterocycles. The van der Waals surface area contributed by atoms with Crippen LogP contribution in [0.1, 0.15) is 24.3 Å². The van der Waals surface area contributed by atoms with Crippen LogP contribution in [0.15, 0.2) is 18.3 Å². The van der Waals surface area contributed by atoms with Crippen molar-refractivity contribution in [3.05, 3.63) is 24.0 Å². The Morgan fingerprint density at radius 2 is 2.24 bits per heavy atom. The summed E-state index contributed by atoms with van der Waals surface area (Å²) in [6.45, 7) is 4.76. The van der Waals surface area contributed by atoms with Crippen molar-refractivity contribution in [1.82, 2.24) is 10.3 Å². The van der Waals surface area contributed by atoms with Gasteiger partial charge in [-0.3, -0.25) is 9.78 Å². The van der Waals surface area contributed by atoms with Crippen molar-refractivity contribution in [3.63, 3.8) is 0 Å². The average Bonchev–Trinajstić information content (AvgIpc) is 2.34. The molecule has 0 saturated carbocycles. The second-order valence-corrected chi connectivity index (χ2v) is 4.24. The maximum absolute atomic E-state index is 11.4. The number of pyridine rings is 1. The van der Waals surface area contributed by atoms with Gasteiger partial charge in [0.1, 0.15) is 5.69 Å². The van der Waals surface area contributed by atoms with Crippen LogP contribution >= 0.6 is 0 Å². The van der Waals surface area contributed by atoms with Crippen LogP contribution in [0, 0.1) is 5.92 Å². The molecule has 0 aliphatic heterocycles. The molecule has 0 bridgehead atoms. The summed E-state index contributed by atoms with van der Waals surface area (Å²) in [5.74, 6) is 0.235. The van der Waals surface area contributed by atoms with Crippen molar-refractivity contribution in [3.8, 4) is 0 Å². The number of rotatable bonds is 5. The summed E-state index contributed by atoms with van der Waals surface area (Å²) in [5, 5.41) is 5.85. The minimum Gasteiger partial charge on any atom is -0.381 e. The topological polar surface area (TPSA) is 80.0 Å². The molecule has 1 aromatic heterocycles. The number of carbonyl (C=O) groups is 1. The summed E-state index contributed by atoms with van der Waals surface area (Å²) in [6.07, 6.45) is 1.61. The Kier molecular flexibility index (Phi) is 4.90. The van der Waals surface area contributed by atoms with Crippen molar-refractivity contribution in [2.24, 2.45) is 11.7 Å². The van der Waals surface area contributed by atoms with E-state index in [1.54, 1.807) is 19.3 Å². The summed E-state index contributed by atoms with van der Waals surface area (Å²) in [4.78, 5) is 15.4. The van der Waals surface area contributed by atoms with Crippen LogP contribution < -0.4 is 16.4 Å². The van der Waals surface area contributed by atoms with E-state index in [0.717, 1.165) is 5.69 Å². The second-order valence-electron chi connectivity index (χ2n) is 4.24. The Labute approximate surface area is 102 Å². The lowest BCUT2D eigenvalue weighted by Crippen LogP contribution is -2.33. The fourth-order valence-electron chi connectivity index (χ4n) is 1.48. The molecule has 1 unspecified atom stereocenters. The molecule has 0 radical (unpaired) electrons. The predicted octanol–water partition coefficient (Wildman–Crippen LogP) is 0.836. The third-order valence-electron chi connectivity index (χ3n) is 2.63. The molecule has 5 heteroatoms. The molecule has 94 valence electrons. The van der Waals surface area contributed by atoms with Gasteiger partial charge in [0, 0.05) is 31.5 Å². The number of anilines is 1. The third-order valence-corrected chi connectivity index (χ3v) is 2.63. The van der Waals surface area contributed by atoms with Gasteiger partial charge in [-0.05, 0) is 18.1 Å². The quantitative estimate of drug-likeness (QED) is 0.707. The van der Waals surface area contributed by atoms with Gasteiger partial charge in [0.2, 0.25) is 0 Å². The molecule has 0 aromatic carbocycles. The number of hydrogen-bond donors (Lipinski definition) is 3. The molecule has 0 fully saturated rings. The van der Waals surface area contributed by atoms with Crippen LogP contribution in [0.4, 0.5) is 5.69 Å². The van der Waals surface area contributed by atoms with E-state index < -0.39 is 0 Å². The Morgan fingerprint density at radius 1 is 1.53 bits per heavy atom. The van der Waals surface area contributed by atoms with Crippen molar-refractivity contribution in [1.29, 1.82) is 0 Å². The zero-order chi connectivity index (χ0) is 12.8. The lowest BCUT2D eigenvalue weighted by molar-refractivity contribution is 0.0958. The summed E-state index contributed by atoms with van der Waals surface area (Å²) >= 11 is 0. The number of hydrogen-bond acceptors (Lipinski definition) is 4. The van der Waals surface area contributed by atoms with Crippen molar-refractivity contribution < 1.29 is 4.79 Å². The number of nitrogens with two attached hydrogens (primary N) is 1. The van der Waals surface area contributed by atoms with Gasteiger partial charge in [-0.15, -0.1) is 0 Å². The zero-order valence-corrected chi connectivity index (χ0v) is 10.5. The third kappa shape index (κ3) is 3.71. The van der Waals surface area contributed by atoms with Gasteiger partial charge in [0.05, 0.1) is 0 Å². The van der Waals surface area contributed by atoms with Crippen molar-refractivity contribution >= 4 is 11.6 Å². The summed E-state index contributed by atoms with van der Waals surface area (Å²) in [7, 11) is 1.58. The molecular formula is C12H20N4O. The summed E-state index contributed by atoms with van der Waals surface area (Å²) in [6, 6.07) is 3.75. The molecule has 1 atom stereocenters. The monoisotopic (exact) mass is 236 g/mol. The zero-order valence-electron chi connectivity index (χ0n) is 10.5. The van der Waals surface area contributed by atoms with E-state index in [9.17, 15) is 4.79 Å². The van der Waals surface area contributed by atoms with Crippen LogP contribution in [0.3, 0.4) is 0 Å². The van der Waals surface area contributed by atoms with E-state index in [4.69, 9.17) is 5.73 Å². The first-order valence-corrected chi connectivity index (χ1v) is 5.73. The Morgan fingerprint density at radius 3 is 2.76 bits per heavy atom. The summed E-state index contributed by atoms with van der Waals surface area (Å²) in [5.41, 5.74) is 6.95. The van der Waals surface area contributed by atoms with Crippen LogP contribution in [-0.4, -0.2) is 30.5 Å². The highest BCUT2D eigenvalue weighted by molar-refractivity contribution is 5.92. The van der Waals surface area contributed by atoms with E-state index in [1.165, 1.54) is 0 Å². The highest BCUT2D eigenvalue weighted by Crippen LogP contribution is 2.12. The first-order valence-electron chi connectivity index (χ1n) is 5.73. The molecule has 0 spiro atoms. The first kappa shape index (κ1) is 13.4. The summed E-state index contributed by atoms with van der Waals surface area (Å²) < 4.78 is 0. The molecule has 5 nitrogen and oxygen atoms in total. The van der Waals surface area contributed by atoms with Crippen LogP contribution in [-0.2, 0) is 0 Å². The highest BCUT2D eigenvalue weighted by atomic mass is 16.1. The molecule has 0 aliphatic carbocycles. The first-order chi connectivity index (χ1) is 8.08. The van der Waals surface area contributed by atoms with E-state index >= 15 is 0 Å². The molecule has 1 amide bonds. The average molecular weight is 236 g/mol. The minimum atomic E-state index is -0.192. The number of carbonyl (C=O) groups excluding carboxylic acids is 1. The van der Waals surface area contributed by atoms with Crippen LogP contribution in [0.25, 0.3) is 0 Å². The molecule has 4 N–H and O–H groups in total. The van der Waals surface area contributed by atoms with Gasteiger partial charge in [-0.2, -0.15) is 0 Å². The van der Waals surface area contributed by atoms with Crippen LogP contribution in [0.5, 0.6) is 0 Å². The normalized spacial score (nSPS) is 12.3. The minimum absolute atomic E-state index is 0.190. The fraction of sp³-hybridized carbons (Fsp3) is 0.500. The highest BCUT2D eigenvalue weighted by Gasteiger charge is 2.12. The van der Waals surface area contributed by atoms with E-state index in [2.05, 4.69) is 29.5 Å². The molecule has 0 aliphatic rings. The Balaban J connectivity index is 2.81. The molecule has 1 rings (SSSR count). The van der Waals surface area contributed by atoms with Crippen molar-refractivity contribution in [2.45, 2.75) is 19.9 Å². The second kappa shape index (κ2) is 6.20. The molecule has 17 heavy (non-hydrogen) atoms. The molecule has 1 aromatic rings. The molecular weight excluding hydrogens is 216 g/mol. The lowest BCUT2D eigenvalue weighted by atomic mass is 10.0. The van der Waals surface area contributed by atoms with Gasteiger partial charge >= 0.3 is 0 Å². The number of nitrogens with one attached hydrogen (secondary N) is 2. The van der Waals surface area contributed by atoms with Gasteiger partial charge in [-0.25, -0.2) is 0 Å². The van der Waals surface area contributed by atoms with E-state index in [1.807, 2.05) is 6.07 Å². The number of nitrogens with zero attached hydrogens (tertiary/aromatic N) is 1. The number of amides is 1. The van der Waals surface area contributed by atoms with Crippen LogP contribution in [0.2, 0.25) is 0 Å². The van der Waals surface area contributed by atoms with Crippen molar-refractivity contribution in [2.75, 3.05) is 18.9 Å². The predicted molar refractivity (Wildman–Crippen MR) is 68.9 cm³/mol. The lowest BCUT2D eigenvalue weighted by Gasteiger charge is -2.21. The smallest absolute Gasteiger partial charge is 0.269 e. The van der Waals surface area contributed by atoms with Gasteiger partial charge in [0.25, 0.3) is 5.91 Å². The number of aromatic nitrogens is 1. The SMILES string of the molecule is CNC(=O)c1cc(NC(CN)C(C)C)ccn1. The standard InChI is InChI=1S/C12H20N4O/c1-8(2)11(7-13)16-9-4-5-15-10(6-9)12(17)14-3/h4-6,8,11H,7,13H2,1-3H3,(H,14,17)(H,15,16). The van der Waals surface area contributed by atoms with E-state index in [0.29, 0.717) is 18.2 Å². The molecule has 1 heterocycles. The van der Waals surface area contributed by atoms with Gasteiger partial charge in [0.15, 0.2) is 0 Å². The maximum atomic E-state index is 11.4.